The van der Waals surface area contributed by atoms with Crippen LogP contribution in [0.15, 0.2) is 47.4 Å². The summed E-state index contributed by atoms with van der Waals surface area (Å²) in [6, 6.07) is 11.9. The molecule has 0 radical (unpaired) electrons. The normalized spacial score (nSPS) is 20.3. The Morgan fingerprint density at radius 2 is 1.80 bits per heavy atom. The summed E-state index contributed by atoms with van der Waals surface area (Å²) in [5.41, 5.74) is 2.03. The van der Waals surface area contributed by atoms with Crippen molar-refractivity contribution in [3.63, 3.8) is 0 Å². The van der Waals surface area contributed by atoms with E-state index in [1.165, 1.54) is 12.1 Å². The van der Waals surface area contributed by atoms with Crippen LogP contribution in [0.2, 0.25) is 0 Å². The van der Waals surface area contributed by atoms with Crippen LogP contribution in [-0.4, -0.2) is 74.8 Å². The highest BCUT2D eigenvalue weighted by Crippen LogP contribution is 2.31. The topological polar surface area (TPSA) is 85.8 Å². The number of carbonyl (C=O) groups excluding carboxylic acids is 1. The van der Waals surface area contributed by atoms with E-state index in [0.29, 0.717) is 30.3 Å². The van der Waals surface area contributed by atoms with E-state index in [0.717, 1.165) is 54.4 Å². The van der Waals surface area contributed by atoms with E-state index in [1.807, 2.05) is 18.2 Å². The third-order valence-corrected chi connectivity index (χ3v) is 9.74. The van der Waals surface area contributed by atoms with Crippen LogP contribution >= 0.6 is 11.3 Å². The number of piperidine rings is 1. The van der Waals surface area contributed by atoms with Crippen molar-refractivity contribution in [1.29, 1.82) is 0 Å². The Bertz CT molecular complexity index is 1310. The smallest absolute Gasteiger partial charge is 0.255 e. The van der Waals surface area contributed by atoms with Crippen LogP contribution in [0.5, 0.6) is 0 Å². The summed E-state index contributed by atoms with van der Waals surface area (Å²) >= 11 is 1.63. The van der Waals surface area contributed by atoms with Gasteiger partial charge in [0.25, 0.3) is 5.91 Å². The third-order valence-electron chi connectivity index (χ3n) is 6.78. The Morgan fingerprint density at radius 3 is 2.51 bits per heavy atom. The first-order chi connectivity index (χ1) is 16.8. The molecular weight excluding hydrogens is 482 g/mol. The number of sulfonamides is 1. The van der Waals surface area contributed by atoms with Gasteiger partial charge in [-0.25, -0.2) is 13.4 Å². The van der Waals surface area contributed by atoms with E-state index in [2.05, 4.69) is 29.1 Å². The molecule has 35 heavy (non-hydrogen) atoms. The molecule has 1 unspecified atom stereocenters. The van der Waals surface area contributed by atoms with Crippen LogP contribution < -0.4 is 10.2 Å². The number of likely N-dealkylation sites (N-methyl/N-ethyl adjacent to an activating group) is 1. The number of carbonyl (C=O) groups is 1. The minimum Gasteiger partial charge on any atom is -0.345 e. The van der Waals surface area contributed by atoms with E-state index < -0.39 is 10.0 Å². The molecule has 1 atom stereocenters. The molecule has 2 aliphatic rings. The number of hydrogen-bond acceptors (Lipinski definition) is 7. The van der Waals surface area contributed by atoms with Crippen LogP contribution in [0.3, 0.4) is 0 Å². The molecule has 0 aliphatic carbocycles. The van der Waals surface area contributed by atoms with Gasteiger partial charge in [0, 0.05) is 50.5 Å². The lowest BCUT2D eigenvalue weighted by Gasteiger charge is -2.31. The van der Waals surface area contributed by atoms with Crippen molar-refractivity contribution in [2.45, 2.75) is 24.7 Å². The first-order valence-electron chi connectivity index (χ1n) is 12.1. The van der Waals surface area contributed by atoms with Gasteiger partial charge in [-0.1, -0.05) is 18.3 Å². The number of fused-ring (bicyclic) bond motifs is 1. The second kappa shape index (κ2) is 9.85. The van der Waals surface area contributed by atoms with E-state index in [-0.39, 0.29) is 10.8 Å². The highest BCUT2D eigenvalue weighted by molar-refractivity contribution is 7.89. The minimum absolute atomic E-state index is 0.227. The van der Waals surface area contributed by atoms with Gasteiger partial charge < -0.3 is 15.1 Å². The lowest BCUT2D eigenvalue weighted by atomic mass is 10.0. The summed E-state index contributed by atoms with van der Waals surface area (Å²) < 4.78 is 28.5. The molecule has 3 heterocycles. The number of thiazole rings is 1. The first-order valence-corrected chi connectivity index (χ1v) is 14.3. The number of piperazine rings is 1. The number of amides is 1. The van der Waals surface area contributed by atoms with Crippen molar-refractivity contribution >= 4 is 48.3 Å². The Morgan fingerprint density at radius 1 is 1.06 bits per heavy atom. The number of anilines is 2. The maximum absolute atomic E-state index is 13.0. The molecule has 0 spiro atoms. The quantitative estimate of drug-likeness (QED) is 0.560. The maximum Gasteiger partial charge on any atom is 0.255 e. The molecule has 2 saturated heterocycles. The molecule has 0 bridgehead atoms. The Labute approximate surface area is 210 Å². The van der Waals surface area contributed by atoms with Gasteiger partial charge in [-0.3, -0.25) is 4.79 Å². The number of rotatable bonds is 5. The molecule has 10 heteroatoms. The van der Waals surface area contributed by atoms with Gasteiger partial charge in [-0.15, -0.1) is 0 Å². The summed E-state index contributed by atoms with van der Waals surface area (Å²) in [5, 5.41) is 3.94. The highest BCUT2D eigenvalue weighted by Gasteiger charge is 2.28. The molecule has 2 aromatic carbocycles. The van der Waals surface area contributed by atoms with Gasteiger partial charge in [0.05, 0.1) is 15.1 Å². The molecule has 8 nitrogen and oxygen atoms in total. The van der Waals surface area contributed by atoms with E-state index in [9.17, 15) is 13.2 Å². The van der Waals surface area contributed by atoms with Crippen molar-refractivity contribution < 1.29 is 13.2 Å². The zero-order valence-electron chi connectivity index (χ0n) is 20.1. The van der Waals surface area contributed by atoms with Crippen LogP contribution in [0.1, 0.15) is 30.1 Å². The van der Waals surface area contributed by atoms with E-state index >= 15 is 0 Å². The zero-order chi connectivity index (χ0) is 24.6. The van der Waals surface area contributed by atoms with Crippen LogP contribution in [0, 0.1) is 5.92 Å². The van der Waals surface area contributed by atoms with Gasteiger partial charge in [-0.2, -0.15) is 4.31 Å². The molecule has 2 aliphatic heterocycles. The fourth-order valence-corrected chi connectivity index (χ4v) is 7.27. The molecule has 1 amide bonds. The van der Waals surface area contributed by atoms with Gasteiger partial charge >= 0.3 is 0 Å². The highest BCUT2D eigenvalue weighted by atomic mass is 32.2. The number of nitrogens with one attached hydrogen (secondary N) is 1. The molecule has 0 saturated carbocycles. The number of benzene rings is 2. The van der Waals surface area contributed by atoms with Crippen molar-refractivity contribution in [3.8, 4) is 0 Å². The second-order valence-electron chi connectivity index (χ2n) is 9.56. The van der Waals surface area contributed by atoms with Crippen LogP contribution in [0.4, 0.5) is 10.8 Å². The monoisotopic (exact) mass is 513 g/mol. The lowest BCUT2D eigenvalue weighted by Crippen LogP contribution is -2.44. The molecular formula is C25H31N5O3S2. The minimum atomic E-state index is -3.54. The van der Waals surface area contributed by atoms with Crippen LogP contribution in [-0.2, 0) is 10.0 Å². The van der Waals surface area contributed by atoms with E-state index in [1.54, 1.807) is 27.8 Å². The second-order valence-corrected chi connectivity index (χ2v) is 12.5. The van der Waals surface area contributed by atoms with Crippen molar-refractivity contribution in [2.75, 3.05) is 56.5 Å². The maximum atomic E-state index is 13.0. The molecule has 1 aromatic heterocycles. The molecule has 3 aromatic rings. The van der Waals surface area contributed by atoms with Gasteiger partial charge in [0.15, 0.2) is 5.13 Å². The number of nitrogens with zero attached hydrogens (tertiary/aromatic N) is 4. The Balaban J connectivity index is 1.27. The fourth-order valence-electron chi connectivity index (χ4n) is 4.62. The largest absolute Gasteiger partial charge is 0.345 e. The molecule has 2 fully saturated rings. The van der Waals surface area contributed by atoms with Gasteiger partial charge in [0.1, 0.15) is 0 Å². The first kappa shape index (κ1) is 24.2. The van der Waals surface area contributed by atoms with Crippen LogP contribution in [0.25, 0.3) is 10.2 Å². The van der Waals surface area contributed by atoms with Crippen molar-refractivity contribution in [1.82, 2.24) is 14.2 Å². The predicted molar refractivity (Wildman–Crippen MR) is 141 cm³/mol. The lowest BCUT2D eigenvalue weighted by molar-refractivity contribution is 0.102. The number of aromatic nitrogens is 1. The fraction of sp³-hybridized carbons (Fsp3) is 0.440. The molecule has 5 rings (SSSR count). The summed E-state index contributed by atoms with van der Waals surface area (Å²) in [4.78, 5) is 22.5. The average molecular weight is 514 g/mol. The Hall–Kier alpha value is -2.53. The number of hydrogen-bond donors (Lipinski definition) is 1. The Kier molecular flexibility index (Phi) is 6.80. The summed E-state index contributed by atoms with van der Waals surface area (Å²) in [6.07, 6.45) is 1.93. The van der Waals surface area contributed by atoms with Crippen molar-refractivity contribution in [2.24, 2.45) is 5.92 Å². The van der Waals surface area contributed by atoms with Gasteiger partial charge in [-0.05, 0) is 68.3 Å². The molecule has 186 valence electrons. The summed E-state index contributed by atoms with van der Waals surface area (Å²) in [7, 11) is -1.41. The standard InChI is InChI=1S/C25H31N5O3S2/c1-18-4-3-11-30(17-18)35(32,33)21-8-5-19(6-9-21)24(31)26-20-7-10-22-23(16-20)34-25(27-22)29-14-12-28(2)13-15-29/h5-10,16,18H,3-4,11-15,17H2,1-2H3,(H,26,31). The van der Waals surface area contributed by atoms with E-state index in [4.69, 9.17) is 4.98 Å². The van der Waals surface area contributed by atoms with Crippen molar-refractivity contribution in [3.05, 3.63) is 48.0 Å². The average Bonchev–Trinajstić information content (AvgIpc) is 3.28. The SMILES string of the molecule is CC1CCCN(S(=O)(=O)c2ccc(C(=O)Nc3ccc4nc(N5CCN(C)CC5)sc4c3)cc2)C1. The summed E-state index contributed by atoms with van der Waals surface area (Å²) in [6.45, 7) is 7.13. The predicted octanol–water partition coefficient (Wildman–Crippen LogP) is 3.72. The third kappa shape index (κ3) is 5.20. The zero-order valence-corrected chi connectivity index (χ0v) is 21.7. The summed E-state index contributed by atoms with van der Waals surface area (Å²) in [5.74, 6) is 0.0841. The van der Waals surface area contributed by atoms with Gasteiger partial charge in [0.2, 0.25) is 10.0 Å². The molecule has 1 N–H and O–H groups in total.